The van der Waals surface area contributed by atoms with Gasteiger partial charge in [-0.15, -0.1) is 0 Å². The van der Waals surface area contributed by atoms with E-state index in [1.807, 2.05) is 0 Å². The Kier molecular flexibility index (Phi) is 3.19. The van der Waals surface area contributed by atoms with E-state index in [9.17, 15) is 17.2 Å². The van der Waals surface area contributed by atoms with Crippen molar-refractivity contribution in [1.29, 1.82) is 0 Å². The van der Waals surface area contributed by atoms with Crippen LogP contribution in [0, 0.1) is 11.6 Å². The van der Waals surface area contributed by atoms with Crippen molar-refractivity contribution in [2.45, 2.75) is 4.90 Å². The average molecular weight is 320 g/mol. The molecular weight excluding hydrogens is 317 g/mol. The first kappa shape index (κ1) is 10.8. The summed E-state index contributed by atoms with van der Waals surface area (Å²) in [6.07, 6.45) is 0. The molecule has 72 valence electrons. The number of rotatable bonds is 2. The quantitative estimate of drug-likeness (QED) is 0.783. The van der Waals surface area contributed by atoms with E-state index in [0.717, 1.165) is 41.2 Å². The Morgan fingerprint density at radius 3 is 2.08 bits per heavy atom. The monoisotopic (exact) mass is 320 g/mol. The van der Waals surface area contributed by atoms with E-state index in [0.29, 0.717) is 0 Å². The second-order valence-electron chi connectivity index (χ2n) is 2.07. The standard InChI is InChI=1S/C6H3F2IO3S/c7-4-2-1-3-5(8)6(4)13(10,11)12-9/h1-3H. The van der Waals surface area contributed by atoms with Crippen LogP contribution in [0.4, 0.5) is 8.78 Å². The van der Waals surface area contributed by atoms with Gasteiger partial charge in [0.2, 0.25) is 0 Å². The van der Waals surface area contributed by atoms with Crippen molar-refractivity contribution in [1.82, 2.24) is 0 Å². The lowest BCUT2D eigenvalue weighted by Crippen LogP contribution is -2.05. The van der Waals surface area contributed by atoms with E-state index in [1.54, 1.807) is 0 Å². The van der Waals surface area contributed by atoms with E-state index < -0.39 is 26.6 Å². The van der Waals surface area contributed by atoms with E-state index >= 15 is 0 Å². The third kappa shape index (κ3) is 2.15. The molecule has 0 bridgehead atoms. The third-order valence-electron chi connectivity index (χ3n) is 1.25. The maximum atomic E-state index is 12.8. The minimum Gasteiger partial charge on any atom is -0.205 e. The molecule has 0 aliphatic heterocycles. The van der Waals surface area contributed by atoms with Gasteiger partial charge in [-0.25, -0.2) is 8.78 Å². The molecule has 0 radical (unpaired) electrons. The highest BCUT2D eigenvalue weighted by Crippen LogP contribution is 2.21. The Hall–Kier alpha value is -0.280. The minimum atomic E-state index is -4.32. The predicted octanol–water partition coefficient (Wildman–Crippen LogP) is 2.02. The normalized spacial score (nSPS) is 11.6. The van der Waals surface area contributed by atoms with Gasteiger partial charge in [0.05, 0.1) is 0 Å². The van der Waals surface area contributed by atoms with Crippen LogP contribution in [0.5, 0.6) is 0 Å². The zero-order valence-electron chi connectivity index (χ0n) is 6.00. The van der Waals surface area contributed by atoms with Gasteiger partial charge in [-0.3, -0.25) is 0 Å². The minimum absolute atomic E-state index is 0.839. The number of hydrogen-bond acceptors (Lipinski definition) is 3. The maximum absolute atomic E-state index is 12.8. The number of halogens is 3. The van der Waals surface area contributed by atoms with Crippen LogP contribution in [0.25, 0.3) is 0 Å². The molecule has 0 unspecified atom stereocenters. The molecule has 0 amide bonds. The summed E-state index contributed by atoms with van der Waals surface area (Å²) in [4.78, 5) is -1.07. The molecule has 1 rings (SSSR count). The molecule has 7 heteroatoms. The average Bonchev–Trinajstić information content (AvgIpc) is 2.03. The maximum Gasteiger partial charge on any atom is 0.311 e. The van der Waals surface area contributed by atoms with Crippen LogP contribution in [-0.4, -0.2) is 8.42 Å². The first-order valence-corrected chi connectivity index (χ1v) is 5.27. The highest BCUT2D eigenvalue weighted by atomic mass is 127. The molecule has 0 spiro atoms. The van der Waals surface area contributed by atoms with Crippen LogP contribution in [0.15, 0.2) is 23.1 Å². The van der Waals surface area contributed by atoms with Gasteiger partial charge in [-0.05, 0) is 12.1 Å². The van der Waals surface area contributed by atoms with Crippen LogP contribution in [0.3, 0.4) is 0 Å². The first-order valence-electron chi connectivity index (χ1n) is 2.98. The summed E-state index contributed by atoms with van der Waals surface area (Å²) < 4.78 is 51.5. The Morgan fingerprint density at radius 1 is 1.23 bits per heavy atom. The molecule has 0 aliphatic rings. The SMILES string of the molecule is O=S(=O)(OI)c1c(F)cccc1F. The van der Waals surface area contributed by atoms with Crippen LogP contribution in [0.2, 0.25) is 0 Å². The molecule has 0 aromatic heterocycles. The van der Waals surface area contributed by atoms with Crippen molar-refractivity contribution in [3.8, 4) is 0 Å². The number of benzene rings is 1. The smallest absolute Gasteiger partial charge is 0.205 e. The fourth-order valence-corrected chi connectivity index (χ4v) is 1.97. The molecule has 0 N–H and O–H groups in total. The Bertz CT molecular complexity index is 398. The van der Waals surface area contributed by atoms with Crippen LogP contribution in [-0.2, 0) is 12.6 Å². The molecule has 0 fully saturated rings. The first-order chi connectivity index (χ1) is 5.99. The van der Waals surface area contributed by atoms with Gasteiger partial charge in [0.15, 0.2) is 4.90 Å². The lowest BCUT2D eigenvalue weighted by Gasteiger charge is -2.01. The van der Waals surface area contributed by atoms with Crippen molar-refractivity contribution >= 4 is 33.1 Å². The molecule has 0 aliphatic carbocycles. The molecule has 0 atom stereocenters. The molecule has 0 saturated heterocycles. The second kappa shape index (κ2) is 3.84. The van der Waals surface area contributed by atoms with Gasteiger partial charge < -0.3 is 0 Å². The predicted molar refractivity (Wildman–Crippen MR) is 48.6 cm³/mol. The third-order valence-corrected chi connectivity index (χ3v) is 3.73. The Morgan fingerprint density at radius 2 is 1.69 bits per heavy atom. The van der Waals surface area contributed by atoms with Gasteiger partial charge in [0.1, 0.15) is 34.6 Å². The van der Waals surface area contributed by atoms with Crippen LogP contribution in [0.1, 0.15) is 0 Å². The van der Waals surface area contributed by atoms with Crippen molar-refractivity contribution in [3.63, 3.8) is 0 Å². The van der Waals surface area contributed by atoms with Crippen molar-refractivity contribution < 1.29 is 19.7 Å². The van der Waals surface area contributed by atoms with E-state index in [2.05, 4.69) is 2.51 Å². The summed E-state index contributed by atoms with van der Waals surface area (Å²) in [6.45, 7) is 0. The summed E-state index contributed by atoms with van der Waals surface area (Å²) >= 11 is 1.05. The van der Waals surface area contributed by atoms with Crippen molar-refractivity contribution in [2.24, 2.45) is 0 Å². The molecule has 13 heavy (non-hydrogen) atoms. The zero-order valence-corrected chi connectivity index (χ0v) is 8.97. The lowest BCUT2D eigenvalue weighted by atomic mass is 10.3. The molecule has 0 saturated carbocycles. The molecule has 0 heterocycles. The Labute approximate surface area is 87.5 Å². The number of hydrogen-bond donors (Lipinski definition) is 0. The molecule has 1 aromatic carbocycles. The van der Waals surface area contributed by atoms with Crippen molar-refractivity contribution in [2.75, 3.05) is 0 Å². The lowest BCUT2D eigenvalue weighted by molar-refractivity contribution is 0.491. The summed E-state index contributed by atoms with van der Waals surface area (Å²) in [7, 11) is -4.32. The van der Waals surface area contributed by atoms with E-state index in [1.165, 1.54) is 0 Å². The second-order valence-corrected chi connectivity index (χ2v) is 4.59. The van der Waals surface area contributed by atoms with E-state index in [-0.39, 0.29) is 0 Å². The van der Waals surface area contributed by atoms with Gasteiger partial charge >= 0.3 is 10.1 Å². The largest absolute Gasteiger partial charge is 0.311 e. The van der Waals surface area contributed by atoms with E-state index in [4.69, 9.17) is 0 Å². The molecule has 1 aromatic rings. The summed E-state index contributed by atoms with van der Waals surface area (Å²) in [5.41, 5.74) is 0. The van der Waals surface area contributed by atoms with Crippen molar-refractivity contribution in [3.05, 3.63) is 29.8 Å². The van der Waals surface area contributed by atoms with Gasteiger partial charge in [0.25, 0.3) is 0 Å². The summed E-state index contributed by atoms with van der Waals surface area (Å²) in [5.74, 6) is -2.34. The highest BCUT2D eigenvalue weighted by Gasteiger charge is 2.23. The zero-order chi connectivity index (χ0) is 10.1. The van der Waals surface area contributed by atoms with Gasteiger partial charge in [0, 0.05) is 0 Å². The fourth-order valence-electron chi connectivity index (χ4n) is 0.753. The topological polar surface area (TPSA) is 43.4 Å². The highest BCUT2D eigenvalue weighted by molar-refractivity contribution is 14.1. The van der Waals surface area contributed by atoms with Crippen LogP contribution < -0.4 is 0 Å². The van der Waals surface area contributed by atoms with Gasteiger partial charge in [-0.1, -0.05) is 6.07 Å². The van der Waals surface area contributed by atoms with Gasteiger partial charge in [-0.2, -0.15) is 10.9 Å². The fraction of sp³-hybridized carbons (Fsp3) is 0. The van der Waals surface area contributed by atoms with Crippen LogP contribution >= 0.6 is 23.0 Å². The molecular formula is C6H3F2IO3S. The molecule has 3 nitrogen and oxygen atoms in total. The summed E-state index contributed by atoms with van der Waals surface area (Å²) in [6, 6.07) is 2.74. The summed E-state index contributed by atoms with van der Waals surface area (Å²) in [5, 5.41) is 0. The Balaban J connectivity index is 3.46.